The highest BCUT2D eigenvalue weighted by atomic mass is 16.5. The Morgan fingerprint density at radius 1 is 0.962 bits per heavy atom. The molecule has 0 fully saturated rings. The van der Waals surface area contributed by atoms with E-state index in [-0.39, 0.29) is 0 Å². The zero-order valence-corrected chi connectivity index (χ0v) is 15.6. The summed E-state index contributed by atoms with van der Waals surface area (Å²) in [4.78, 5) is 26.6. The Labute approximate surface area is 152 Å². The standard InChI is InChI=1S/C19H23NO6/c1-6-20-10-14(18(21)25-4)17(15(11-20)19(22)26-5)13-8-7-12(23-2)9-16(13)24-3/h7-11,17H,6H2,1-5H3. The molecule has 0 radical (unpaired) electrons. The van der Waals surface area contributed by atoms with Gasteiger partial charge in [0.25, 0.3) is 0 Å². The number of esters is 2. The Morgan fingerprint density at radius 2 is 1.54 bits per heavy atom. The molecular weight excluding hydrogens is 338 g/mol. The van der Waals surface area contributed by atoms with Crippen molar-refractivity contribution in [3.63, 3.8) is 0 Å². The van der Waals surface area contributed by atoms with Crippen LogP contribution in [-0.2, 0) is 19.1 Å². The van der Waals surface area contributed by atoms with Crippen LogP contribution in [0.2, 0.25) is 0 Å². The summed E-state index contributed by atoms with van der Waals surface area (Å²) in [6, 6.07) is 5.21. The SMILES string of the molecule is CCN1C=C(C(=O)OC)C(c2ccc(OC)cc2OC)C(C(=O)OC)=C1. The van der Waals surface area contributed by atoms with E-state index >= 15 is 0 Å². The molecule has 0 amide bonds. The molecule has 0 bridgehead atoms. The molecule has 0 unspecified atom stereocenters. The molecule has 1 aromatic rings. The number of rotatable bonds is 6. The zero-order valence-electron chi connectivity index (χ0n) is 15.6. The van der Waals surface area contributed by atoms with Gasteiger partial charge in [0.15, 0.2) is 0 Å². The van der Waals surface area contributed by atoms with Crippen molar-refractivity contribution in [3.05, 3.63) is 47.3 Å². The summed E-state index contributed by atoms with van der Waals surface area (Å²) in [6.07, 6.45) is 3.35. The molecular formula is C19H23NO6. The summed E-state index contributed by atoms with van der Waals surface area (Å²) in [6.45, 7) is 2.48. The number of ether oxygens (including phenoxy) is 4. The van der Waals surface area contributed by atoms with Crippen LogP contribution in [0.25, 0.3) is 0 Å². The summed E-state index contributed by atoms with van der Waals surface area (Å²) in [5.41, 5.74) is 1.28. The number of carbonyl (C=O) groups is 2. The van der Waals surface area contributed by atoms with Crippen LogP contribution in [0.15, 0.2) is 41.7 Å². The quantitative estimate of drug-likeness (QED) is 0.719. The van der Waals surface area contributed by atoms with Crippen LogP contribution >= 0.6 is 0 Å². The third-order valence-corrected chi connectivity index (χ3v) is 4.19. The minimum atomic E-state index is -0.682. The molecule has 0 atom stereocenters. The monoisotopic (exact) mass is 361 g/mol. The lowest BCUT2D eigenvalue weighted by molar-refractivity contribution is -0.137. The molecule has 26 heavy (non-hydrogen) atoms. The first-order chi connectivity index (χ1) is 12.5. The Kier molecular flexibility index (Phi) is 6.27. The molecule has 7 nitrogen and oxygen atoms in total. The van der Waals surface area contributed by atoms with Gasteiger partial charge in [0.05, 0.1) is 45.5 Å². The molecule has 1 aliphatic heterocycles. The number of nitrogens with zero attached hydrogens (tertiary/aromatic N) is 1. The number of hydrogen-bond donors (Lipinski definition) is 0. The summed E-state index contributed by atoms with van der Waals surface area (Å²) >= 11 is 0. The molecule has 0 aliphatic carbocycles. The lowest BCUT2D eigenvalue weighted by Gasteiger charge is -2.30. The maximum atomic E-state index is 12.4. The molecule has 140 valence electrons. The predicted molar refractivity (Wildman–Crippen MR) is 94.9 cm³/mol. The van der Waals surface area contributed by atoms with Gasteiger partial charge in [-0.05, 0) is 13.0 Å². The molecule has 0 saturated carbocycles. The first-order valence-electron chi connectivity index (χ1n) is 8.08. The number of hydrogen-bond acceptors (Lipinski definition) is 7. The van der Waals surface area contributed by atoms with Crippen molar-refractivity contribution in [1.82, 2.24) is 4.90 Å². The van der Waals surface area contributed by atoms with E-state index in [0.717, 1.165) is 0 Å². The molecule has 0 N–H and O–H groups in total. The van der Waals surface area contributed by atoms with E-state index in [2.05, 4.69) is 0 Å². The van der Waals surface area contributed by atoms with Crippen LogP contribution in [0.4, 0.5) is 0 Å². The second-order valence-electron chi connectivity index (χ2n) is 5.52. The highest BCUT2D eigenvalue weighted by Crippen LogP contribution is 2.42. The van der Waals surface area contributed by atoms with Gasteiger partial charge in [-0.25, -0.2) is 9.59 Å². The van der Waals surface area contributed by atoms with E-state index in [0.29, 0.717) is 34.8 Å². The van der Waals surface area contributed by atoms with Crippen LogP contribution in [-0.4, -0.2) is 51.8 Å². The third-order valence-electron chi connectivity index (χ3n) is 4.19. The van der Waals surface area contributed by atoms with Gasteiger partial charge < -0.3 is 23.8 Å². The molecule has 0 spiro atoms. The molecule has 0 saturated heterocycles. The predicted octanol–water partition coefficient (Wildman–Crippen LogP) is 2.24. The Morgan fingerprint density at radius 3 is 1.96 bits per heavy atom. The Balaban J connectivity index is 2.67. The highest BCUT2D eigenvalue weighted by molar-refractivity contribution is 5.98. The van der Waals surface area contributed by atoms with Gasteiger partial charge in [-0.15, -0.1) is 0 Å². The third kappa shape index (κ3) is 3.66. The lowest BCUT2D eigenvalue weighted by Crippen LogP contribution is -2.28. The molecule has 1 heterocycles. The summed E-state index contributed by atoms with van der Waals surface area (Å²) in [7, 11) is 5.67. The van der Waals surface area contributed by atoms with E-state index in [1.807, 2.05) is 6.92 Å². The second kappa shape index (κ2) is 8.42. The van der Waals surface area contributed by atoms with Gasteiger partial charge in [0, 0.05) is 30.6 Å². The second-order valence-corrected chi connectivity index (χ2v) is 5.52. The largest absolute Gasteiger partial charge is 0.497 e. The fourth-order valence-corrected chi connectivity index (χ4v) is 2.86. The van der Waals surface area contributed by atoms with Gasteiger partial charge in [-0.2, -0.15) is 0 Å². The fraction of sp³-hybridized carbons (Fsp3) is 0.368. The molecule has 1 aliphatic rings. The smallest absolute Gasteiger partial charge is 0.336 e. The average Bonchev–Trinajstić information content (AvgIpc) is 2.70. The summed E-state index contributed by atoms with van der Waals surface area (Å²) in [5.74, 6) is -0.645. The van der Waals surface area contributed by atoms with Crippen molar-refractivity contribution in [3.8, 4) is 11.5 Å². The fourth-order valence-electron chi connectivity index (χ4n) is 2.86. The van der Waals surface area contributed by atoms with Gasteiger partial charge >= 0.3 is 11.9 Å². The zero-order chi connectivity index (χ0) is 19.3. The van der Waals surface area contributed by atoms with Crippen LogP contribution < -0.4 is 9.47 Å². The Bertz CT molecular complexity index is 718. The first-order valence-corrected chi connectivity index (χ1v) is 8.08. The van der Waals surface area contributed by atoms with Crippen molar-refractivity contribution < 1.29 is 28.5 Å². The first kappa shape index (κ1) is 19.4. The number of carbonyl (C=O) groups excluding carboxylic acids is 2. The topological polar surface area (TPSA) is 74.3 Å². The van der Waals surface area contributed by atoms with Crippen molar-refractivity contribution in [2.75, 3.05) is 35.0 Å². The van der Waals surface area contributed by atoms with E-state index in [9.17, 15) is 9.59 Å². The van der Waals surface area contributed by atoms with Crippen LogP contribution in [0, 0.1) is 0 Å². The van der Waals surface area contributed by atoms with E-state index in [1.165, 1.54) is 21.3 Å². The Hall–Kier alpha value is -2.96. The number of benzene rings is 1. The van der Waals surface area contributed by atoms with Crippen LogP contribution in [0.1, 0.15) is 18.4 Å². The van der Waals surface area contributed by atoms with Gasteiger partial charge in [-0.3, -0.25) is 0 Å². The van der Waals surface area contributed by atoms with Crippen molar-refractivity contribution in [2.45, 2.75) is 12.8 Å². The van der Waals surface area contributed by atoms with Crippen molar-refractivity contribution in [1.29, 1.82) is 0 Å². The molecule has 1 aromatic carbocycles. The number of methoxy groups -OCH3 is 4. The van der Waals surface area contributed by atoms with Gasteiger partial charge in [0.1, 0.15) is 11.5 Å². The van der Waals surface area contributed by atoms with Gasteiger partial charge in [-0.1, -0.05) is 6.07 Å². The molecule has 0 aromatic heterocycles. The van der Waals surface area contributed by atoms with E-state index < -0.39 is 17.9 Å². The van der Waals surface area contributed by atoms with E-state index in [1.54, 1.807) is 42.6 Å². The maximum Gasteiger partial charge on any atom is 0.336 e. The summed E-state index contributed by atoms with van der Waals surface area (Å²) in [5, 5.41) is 0. The highest BCUT2D eigenvalue weighted by Gasteiger charge is 2.36. The van der Waals surface area contributed by atoms with E-state index in [4.69, 9.17) is 18.9 Å². The maximum absolute atomic E-state index is 12.4. The van der Waals surface area contributed by atoms with Gasteiger partial charge in [0.2, 0.25) is 0 Å². The molecule has 2 rings (SSSR count). The van der Waals surface area contributed by atoms with Crippen molar-refractivity contribution in [2.24, 2.45) is 0 Å². The average molecular weight is 361 g/mol. The summed E-state index contributed by atoms with van der Waals surface area (Å²) < 4.78 is 20.6. The van der Waals surface area contributed by atoms with Crippen LogP contribution in [0.3, 0.4) is 0 Å². The molecule has 7 heteroatoms. The van der Waals surface area contributed by atoms with Crippen molar-refractivity contribution >= 4 is 11.9 Å². The minimum absolute atomic E-state index is 0.320. The minimum Gasteiger partial charge on any atom is -0.497 e. The normalized spacial score (nSPS) is 14.3. The lowest BCUT2D eigenvalue weighted by atomic mass is 9.82. The van der Waals surface area contributed by atoms with Crippen LogP contribution in [0.5, 0.6) is 11.5 Å².